The van der Waals surface area contributed by atoms with Crippen LogP contribution in [-0.2, 0) is 0 Å². The molecule has 20 heavy (non-hydrogen) atoms. The number of carbonyl (C=O) groups excluding carboxylic acids is 1. The summed E-state index contributed by atoms with van der Waals surface area (Å²) in [5, 5.41) is 12.7. The summed E-state index contributed by atoms with van der Waals surface area (Å²) in [7, 11) is 0. The molecule has 4 heteroatoms. The summed E-state index contributed by atoms with van der Waals surface area (Å²) in [6, 6.07) is 3.71. The molecule has 1 aromatic rings. The minimum Gasteiger partial charge on any atom is -0.507 e. The van der Waals surface area contributed by atoms with Crippen LogP contribution < -0.4 is 0 Å². The van der Waals surface area contributed by atoms with Crippen LogP contribution in [0.15, 0.2) is 17.3 Å². The Labute approximate surface area is 120 Å². The Balaban J connectivity index is 2.96. The van der Waals surface area contributed by atoms with Crippen molar-refractivity contribution < 1.29 is 9.90 Å². The number of aryl methyl sites for hydroxylation is 1. The zero-order valence-electron chi connectivity index (χ0n) is 12.3. The smallest absolute Gasteiger partial charge is 0.153 e. The van der Waals surface area contributed by atoms with Crippen LogP contribution in [0.2, 0.25) is 0 Å². The summed E-state index contributed by atoms with van der Waals surface area (Å²) >= 11 is 0. The van der Waals surface area contributed by atoms with Gasteiger partial charge < -0.3 is 5.11 Å². The molecule has 0 saturated heterocycles. The fourth-order valence-electron chi connectivity index (χ4n) is 2.49. The lowest BCUT2D eigenvalue weighted by molar-refractivity contribution is 0.112. The number of phenolic OH excluding ortho intramolecular Hbond substituents is 1. The van der Waals surface area contributed by atoms with E-state index in [-0.39, 0.29) is 5.75 Å². The van der Waals surface area contributed by atoms with Gasteiger partial charge in [0.2, 0.25) is 0 Å². The topological polar surface area (TPSA) is 66.7 Å². The van der Waals surface area contributed by atoms with Crippen molar-refractivity contribution in [2.75, 3.05) is 6.54 Å². The van der Waals surface area contributed by atoms with Gasteiger partial charge in [-0.25, -0.2) is 0 Å². The molecule has 0 saturated carbocycles. The predicted molar refractivity (Wildman–Crippen MR) is 80.4 cm³/mol. The van der Waals surface area contributed by atoms with Crippen molar-refractivity contribution in [3.63, 3.8) is 0 Å². The van der Waals surface area contributed by atoms with Gasteiger partial charge >= 0.3 is 0 Å². The molecule has 0 amide bonds. The van der Waals surface area contributed by atoms with Crippen LogP contribution in [0.1, 0.15) is 66.4 Å². The summed E-state index contributed by atoms with van der Waals surface area (Å²) in [5.74, 6) is 0.377. The van der Waals surface area contributed by atoms with Crippen molar-refractivity contribution in [2.45, 2.75) is 51.9 Å². The average molecular weight is 277 g/mol. The molecule has 0 spiro atoms. The molecule has 0 aliphatic carbocycles. The van der Waals surface area contributed by atoms with E-state index in [0.717, 1.165) is 43.2 Å². The van der Waals surface area contributed by atoms with Crippen LogP contribution in [0.25, 0.3) is 0 Å². The number of aldehydes is 1. The summed E-state index contributed by atoms with van der Waals surface area (Å²) in [5.41, 5.74) is 2.14. The maximum Gasteiger partial charge on any atom is 0.153 e. The number of unbranched alkanes of at least 4 members (excludes halogenated alkanes) is 1. The number of nitrogens with zero attached hydrogens (tertiary/aromatic N) is 1. The summed E-state index contributed by atoms with van der Waals surface area (Å²) < 4.78 is 0. The molecule has 0 aromatic heterocycles. The molecular formula is C16H23NO3. The molecule has 4 nitrogen and oxygen atoms in total. The third-order valence-electron chi connectivity index (χ3n) is 3.66. The summed E-state index contributed by atoms with van der Waals surface area (Å²) in [6.07, 6.45) is 5.58. The van der Waals surface area contributed by atoms with Gasteiger partial charge in [0.15, 0.2) is 6.29 Å². The van der Waals surface area contributed by atoms with Gasteiger partial charge in [-0.1, -0.05) is 31.0 Å². The molecule has 1 unspecified atom stereocenters. The van der Waals surface area contributed by atoms with Gasteiger partial charge in [0.05, 0.1) is 12.1 Å². The normalized spacial score (nSPS) is 12.1. The van der Waals surface area contributed by atoms with E-state index in [1.54, 1.807) is 13.0 Å². The second-order valence-electron chi connectivity index (χ2n) is 5.23. The second-order valence-corrected chi connectivity index (χ2v) is 5.23. The number of nitroso groups, excluding NO2 is 1. The van der Waals surface area contributed by atoms with Crippen LogP contribution in [0, 0.1) is 11.8 Å². The molecule has 110 valence electrons. The van der Waals surface area contributed by atoms with E-state index in [9.17, 15) is 14.8 Å². The lowest BCUT2D eigenvalue weighted by atomic mass is 9.87. The number of hydrogen-bond donors (Lipinski definition) is 1. The SMILES string of the molecule is CCCCC(CCCN=O)c1cc(C)c(O)c(C=O)c1. The van der Waals surface area contributed by atoms with Gasteiger partial charge in [-0.15, -0.1) is 0 Å². The minimum absolute atomic E-state index is 0.0625. The Morgan fingerprint density at radius 1 is 1.30 bits per heavy atom. The molecule has 1 aromatic carbocycles. The largest absolute Gasteiger partial charge is 0.507 e. The first-order valence-corrected chi connectivity index (χ1v) is 7.21. The summed E-state index contributed by atoms with van der Waals surface area (Å²) in [6.45, 7) is 4.28. The van der Waals surface area contributed by atoms with Gasteiger partial charge in [0, 0.05) is 0 Å². The molecule has 1 rings (SSSR count). The lowest BCUT2D eigenvalue weighted by Gasteiger charge is -2.18. The van der Waals surface area contributed by atoms with Gasteiger partial charge in [-0.2, -0.15) is 4.91 Å². The zero-order valence-corrected chi connectivity index (χ0v) is 12.3. The predicted octanol–water partition coefficient (Wildman–Crippen LogP) is 4.33. The van der Waals surface area contributed by atoms with Crippen LogP contribution in [0.4, 0.5) is 0 Å². The molecule has 0 aliphatic heterocycles. The first kappa shape index (κ1) is 16.3. The van der Waals surface area contributed by atoms with Crippen molar-refractivity contribution in [1.29, 1.82) is 0 Å². The van der Waals surface area contributed by atoms with Gasteiger partial charge in [-0.05, 0) is 49.3 Å². The highest BCUT2D eigenvalue weighted by Crippen LogP contribution is 2.32. The first-order chi connectivity index (χ1) is 9.63. The van der Waals surface area contributed by atoms with Gasteiger partial charge in [0.1, 0.15) is 5.75 Å². The number of phenols is 1. The van der Waals surface area contributed by atoms with Crippen molar-refractivity contribution in [2.24, 2.45) is 5.18 Å². The number of hydrogen-bond acceptors (Lipinski definition) is 4. The molecule has 0 fully saturated rings. The monoisotopic (exact) mass is 277 g/mol. The number of aromatic hydroxyl groups is 1. The van der Waals surface area contributed by atoms with E-state index in [4.69, 9.17) is 0 Å². The average Bonchev–Trinajstić information content (AvgIpc) is 2.45. The molecule has 1 N–H and O–H groups in total. The Kier molecular flexibility index (Phi) is 6.91. The molecule has 1 atom stereocenters. The molecule has 0 bridgehead atoms. The Morgan fingerprint density at radius 2 is 2.00 bits per heavy atom. The van der Waals surface area contributed by atoms with Crippen molar-refractivity contribution >= 4 is 6.29 Å². The van der Waals surface area contributed by atoms with E-state index in [0.29, 0.717) is 24.3 Å². The maximum absolute atomic E-state index is 11.0. The number of carbonyl (C=O) groups is 1. The zero-order chi connectivity index (χ0) is 15.0. The van der Waals surface area contributed by atoms with Crippen molar-refractivity contribution in [3.8, 4) is 5.75 Å². The molecule has 0 radical (unpaired) electrons. The highest BCUT2D eigenvalue weighted by Gasteiger charge is 2.15. The fraction of sp³-hybridized carbons (Fsp3) is 0.562. The fourth-order valence-corrected chi connectivity index (χ4v) is 2.49. The first-order valence-electron chi connectivity index (χ1n) is 7.21. The van der Waals surface area contributed by atoms with Crippen molar-refractivity contribution in [3.05, 3.63) is 33.7 Å². The van der Waals surface area contributed by atoms with E-state index >= 15 is 0 Å². The minimum atomic E-state index is 0.0625. The Bertz CT molecular complexity index is 457. The van der Waals surface area contributed by atoms with E-state index < -0.39 is 0 Å². The van der Waals surface area contributed by atoms with E-state index in [2.05, 4.69) is 12.1 Å². The third kappa shape index (κ3) is 4.44. The highest BCUT2D eigenvalue weighted by molar-refractivity contribution is 5.80. The van der Waals surface area contributed by atoms with E-state index in [1.165, 1.54) is 0 Å². The third-order valence-corrected chi connectivity index (χ3v) is 3.66. The number of rotatable bonds is 9. The summed E-state index contributed by atoms with van der Waals surface area (Å²) in [4.78, 5) is 21.2. The quantitative estimate of drug-likeness (QED) is 0.415. The highest BCUT2D eigenvalue weighted by atomic mass is 16.3. The van der Waals surface area contributed by atoms with Crippen LogP contribution in [0.5, 0.6) is 5.75 Å². The van der Waals surface area contributed by atoms with Gasteiger partial charge in [0.25, 0.3) is 0 Å². The number of benzene rings is 1. The lowest BCUT2D eigenvalue weighted by Crippen LogP contribution is -2.02. The molecule has 0 heterocycles. The van der Waals surface area contributed by atoms with Crippen LogP contribution in [0.3, 0.4) is 0 Å². The second kappa shape index (κ2) is 8.46. The molecular weight excluding hydrogens is 254 g/mol. The standard InChI is InChI=1S/C16H23NO3/c1-3-4-6-13(7-5-8-17-20)14-9-12(2)16(19)15(10-14)11-18/h9-11,13,19H,3-8H2,1-2H3. The van der Waals surface area contributed by atoms with Crippen LogP contribution in [-0.4, -0.2) is 17.9 Å². The Hall–Kier alpha value is -1.71. The van der Waals surface area contributed by atoms with Crippen molar-refractivity contribution in [1.82, 2.24) is 0 Å². The van der Waals surface area contributed by atoms with E-state index in [1.807, 2.05) is 6.07 Å². The van der Waals surface area contributed by atoms with Crippen LogP contribution >= 0.6 is 0 Å². The van der Waals surface area contributed by atoms with Gasteiger partial charge in [-0.3, -0.25) is 4.79 Å². The Morgan fingerprint density at radius 3 is 2.60 bits per heavy atom. The molecule has 0 aliphatic rings. The maximum atomic E-state index is 11.0.